The van der Waals surface area contributed by atoms with E-state index in [1.54, 1.807) is 18.9 Å². The smallest absolute Gasteiger partial charge is 0.219 e. The van der Waals surface area contributed by atoms with Gasteiger partial charge in [-0.1, -0.05) is 20.8 Å². The van der Waals surface area contributed by atoms with Crippen LogP contribution in [0.5, 0.6) is 0 Å². The van der Waals surface area contributed by atoms with Crippen LogP contribution in [0.25, 0.3) is 0 Å². The minimum absolute atomic E-state index is 0.0365. The third-order valence-electron chi connectivity index (χ3n) is 2.76. The maximum absolute atomic E-state index is 11.5. The number of carbonyl (C=O) groups is 1. The molecule has 0 aliphatic rings. The number of nitrogens with zero attached hydrogens (tertiary/aromatic N) is 1. The lowest BCUT2D eigenvalue weighted by molar-refractivity contribution is -0.131. The Labute approximate surface area is 105 Å². The lowest BCUT2D eigenvalue weighted by Gasteiger charge is -2.26. The van der Waals surface area contributed by atoms with Crippen LogP contribution in [-0.2, 0) is 9.53 Å². The van der Waals surface area contributed by atoms with E-state index < -0.39 is 0 Å². The molecule has 0 saturated heterocycles. The van der Waals surface area contributed by atoms with Crippen LogP contribution in [0.4, 0.5) is 0 Å². The molecule has 102 valence electrons. The summed E-state index contributed by atoms with van der Waals surface area (Å²) in [6.45, 7) is 9.27. The topological polar surface area (TPSA) is 49.8 Å². The number of hydrogen-bond donors (Lipinski definition) is 1. The molecule has 0 aromatic rings. The average Bonchev–Trinajstić information content (AvgIpc) is 2.21. The van der Waals surface area contributed by atoms with Crippen molar-refractivity contribution in [2.45, 2.75) is 46.6 Å². The van der Waals surface area contributed by atoms with Gasteiger partial charge in [0.15, 0.2) is 0 Å². The van der Waals surface area contributed by atoms with Crippen LogP contribution in [0.15, 0.2) is 0 Å². The molecule has 0 radical (unpaired) electrons. The Morgan fingerprint density at radius 2 is 2.00 bits per heavy atom. The van der Waals surface area contributed by atoms with Crippen molar-refractivity contribution in [1.82, 2.24) is 4.90 Å². The Hall–Kier alpha value is -0.610. The second kappa shape index (κ2) is 7.67. The van der Waals surface area contributed by atoms with Crippen molar-refractivity contribution < 1.29 is 14.6 Å². The average molecular weight is 245 g/mol. The Kier molecular flexibility index (Phi) is 7.39. The summed E-state index contributed by atoms with van der Waals surface area (Å²) in [6.07, 6.45) is 1.77. The van der Waals surface area contributed by atoms with E-state index in [1.165, 1.54) is 0 Å². The van der Waals surface area contributed by atoms with Crippen molar-refractivity contribution in [2.24, 2.45) is 5.41 Å². The molecule has 1 atom stereocenters. The van der Waals surface area contributed by atoms with Crippen molar-refractivity contribution in [3.8, 4) is 0 Å². The first-order valence-electron chi connectivity index (χ1n) is 6.19. The zero-order valence-electron chi connectivity index (χ0n) is 11.8. The molecule has 17 heavy (non-hydrogen) atoms. The highest BCUT2D eigenvalue weighted by atomic mass is 16.5. The number of amides is 1. The summed E-state index contributed by atoms with van der Waals surface area (Å²) in [4.78, 5) is 13.2. The highest BCUT2D eigenvalue weighted by Crippen LogP contribution is 2.20. The summed E-state index contributed by atoms with van der Waals surface area (Å²) in [5.41, 5.74) is 0.292. The zero-order valence-corrected chi connectivity index (χ0v) is 11.8. The second-order valence-corrected chi connectivity index (χ2v) is 5.67. The van der Waals surface area contributed by atoms with Gasteiger partial charge in [-0.2, -0.15) is 0 Å². The van der Waals surface area contributed by atoms with Gasteiger partial charge in [0, 0.05) is 27.1 Å². The standard InChI is InChI=1S/C13H27NO3/c1-11(16)14(9-12(10-15)17-5)8-6-7-13(2,3)4/h12,15H,6-10H2,1-5H3. The third-order valence-corrected chi connectivity index (χ3v) is 2.76. The van der Waals surface area contributed by atoms with Gasteiger partial charge in [0.1, 0.15) is 0 Å². The lowest BCUT2D eigenvalue weighted by Crippen LogP contribution is -2.39. The van der Waals surface area contributed by atoms with Crippen LogP contribution in [0.2, 0.25) is 0 Å². The lowest BCUT2D eigenvalue weighted by atomic mass is 9.90. The van der Waals surface area contributed by atoms with E-state index in [9.17, 15) is 4.79 Å². The fourth-order valence-corrected chi connectivity index (χ4v) is 1.63. The van der Waals surface area contributed by atoms with Crippen molar-refractivity contribution in [3.63, 3.8) is 0 Å². The van der Waals surface area contributed by atoms with Crippen LogP contribution in [-0.4, -0.2) is 48.8 Å². The molecule has 0 aliphatic heterocycles. The summed E-state index contributed by atoms with van der Waals surface area (Å²) in [7, 11) is 1.55. The molecule has 0 bridgehead atoms. The van der Waals surface area contributed by atoms with Gasteiger partial charge in [-0.3, -0.25) is 4.79 Å². The number of aliphatic hydroxyl groups excluding tert-OH is 1. The molecule has 0 aromatic heterocycles. The van der Waals surface area contributed by atoms with Crippen LogP contribution >= 0.6 is 0 Å². The predicted octanol–water partition coefficient (Wildman–Crippen LogP) is 1.67. The van der Waals surface area contributed by atoms with Crippen molar-refractivity contribution >= 4 is 5.91 Å². The zero-order chi connectivity index (χ0) is 13.5. The monoisotopic (exact) mass is 245 g/mol. The minimum atomic E-state index is -0.284. The summed E-state index contributed by atoms with van der Waals surface area (Å²) >= 11 is 0. The molecule has 0 heterocycles. The van der Waals surface area contributed by atoms with E-state index >= 15 is 0 Å². The molecule has 1 unspecified atom stereocenters. The quantitative estimate of drug-likeness (QED) is 0.742. The Balaban J connectivity index is 4.12. The van der Waals surface area contributed by atoms with Gasteiger partial charge < -0.3 is 14.7 Å². The van der Waals surface area contributed by atoms with E-state index in [2.05, 4.69) is 20.8 Å². The number of ether oxygens (including phenoxy) is 1. The summed E-state index contributed by atoms with van der Waals surface area (Å²) in [6, 6.07) is 0. The maximum Gasteiger partial charge on any atom is 0.219 e. The number of hydrogen-bond acceptors (Lipinski definition) is 3. The van der Waals surface area contributed by atoms with Gasteiger partial charge in [-0.25, -0.2) is 0 Å². The first kappa shape index (κ1) is 16.4. The largest absolute Gasteiger partial charge is 0.394 e. The molecule has 0 spiro atoms. The number of aliphatic hydroxyl groups is 1. The molecule has 1 amide bonds. The van der Waals surface area contributed by atoms with E-state index in [0.29, 0.717) is 12.0 Å². The van der Waals surface area contributed by atoms with Crippen LogP contribution in [0.3, 0.4) is 0 Å². The van der Waals surface area contributed by atoms with Gasteiger partial charge in [0.05, 0.1) is 12.7 Å². The maximum atomic E-state index is 11.5. The van der Waals surface area contributed by atoms with E-state index in [-0.39, 0.29) is 18.6 Å². The number of methoxy groups -OCH3 is 1. The summed E-state index contributed by atoms with van der Waals surface area (Å²) in [5.74, 6) is 0.0365. The SMILES string of the molecule is COC(CO)CN(CCCC(C)(C)C)C(C)=O. The Morgan fingerprint density at radius 3 is 2.35 bits per heavy atom. The number of rotatable bonds is 7. The van der Waals surface area contributed by atoms with Gasteiger partial charge in [0.25, 0.3) is 0 Å². The molecule has 1 N–H and O–H groups in total. The Bertz CT molecular complexity index is 219. The highest BCUT2D eigenvalue weighted by Gasteiger charge is 2.16. The molecule has 0 aromatic carbocycles. The van der Waals surface area contributed by atoms with Gasteiger partial charge in [-0.15, -0.1) is 0 Å². The molecule has 0 saturated carbocycles. The third kappa shape index (κ3) is 8.16. The van der Waals surface area contributed by atoms with Crippen LogP contribution in [0.1, 0.15) is 40.5 Å². The first-order chi connectivity index (χ1) is 7.80. The van der Waals surface area contributed by atoms with Gasteiger partial charge in [-0.05, 0) is 18.3 Å². The first-order valence-corrected chi connectivity index (χ1v) is 6.19. The molecular weight excluding hydrogens is 218 g/mol. The summed E-state index contributed by atoms with van der Waals surface area (Å²) < 4.78 is 5.08. The van der Waals surface area contributed by atoms with Gasteiger partial charge >= 0.3 is 0 Å². The molecule has 0 aliphatic carbocycles. The second-order valence-electron chi connectivity index (χ2n) is 5.67. The van der Waals surface area contributed by atoms with Crippen LogP contribution in [0, 0.1) is 5.41 Å². The molecular formula is C13H27NO3. The highest BCUT2D eigenvalue weighted by molar-refractivity contribution is 5.73. The minimum Gasteiger partial charge on any atom is -0.394 e. The van der Waals surface area contributed by atoms with Crippen molar-refractivity contribution in [2.75, 3.05) is 26.8 Å². The predicted molar refractivity (Wildman–Crippen MR) is 68.8 cm³/mol. The van der Waals surface area contributed by atoms with E-state index in [1.807, 2.05) is 0 Å². The molecule has 0 rings (SSSR count). The molecule has 0 fully saturated rings. The van der Waals surface area contributed by atoms with Crippen LogP contribution < -0.4 is 0 Å². The molecule has 4 nitrogen and oxygen atoms in total. The van der Waals surface area contributed by atoms with Crippen molar-refractivity contribution in [3.05, 3.63) is 0 Å². The van der Waals surface area contributed by atoms with Gasteiger partial charge in [0.2, 0.25) is 5.91 Å². The van der Waals surface area contributed by atoms with E-state index in [4.69, 9.17) is 9.84 Å². The normalized spacial score (nSPS) is 13.5. The molecule has 4 heteroatoms. The summed E-state index contributed by atoms with van der Waals surface area (Å²) in [5, 5.41) is 9.05. The Morgan fingerprint density at radius 1 is 1.41 bits per heavy atom. The fraction of sp³-hybridized carbons (Fsp3) is 0.923. The van der Waals surface area contributed by atoms with E-state index in [0.717, 1.165) is 19.4 Å². The van der Waals surface area contributed by atoms with Crippen molar-refractivity contribution in [1.29, 1.82) is 0 Å². The number of carbonyl (C=O) groups excluding carboxylic acids is 1. The fourth-order valence-electron chi connectivity index (χ4n) is 1.63.